The van der Waals surface area contributed by atoms with Gasteiger partial charge in [0.15, 0.2) is 5.82 Å². The zero-order chi connectivity index (χ0) is 10.0. The Labute approximate surface area is 80.9 Å². The number of alkyl halides is 2. The number of nitrogens with zero attached hydrogens (tertiary/aromatic N) is 1. The molecule has 0 aliphatic heterocycles. The van der Waals surface area contributed by atoms with Crippen molar-refractivity contribution >= 4 is 15.9 Å². The van der Waals surface area contributed by atoms with Gasteiger partial charge < -0.3 is 4.74 Å². The Morgan fingerprint density at radius 1 is 1.54 bits per heavy atom. The van der Waals surface area contributed by atoms with Gasteiger partial charge in [-0.2, -0.15) is 0 Å². The summed E-state index contributed by atoms with van der Waals surface area (Å²) in [6.07, 6.45) is -2.01. The fraction of sp³-hybridized carbons (Fsp3) is 0.286. The maximum atomic E-state index is 12.8. The molecule has 0 radical (unpaired) electrons. The number of hydrogen-bond acceptors (Lipinski definition) is 2. The monoisotopic (exact) mass is 255 g/mol. The molecule has 0 aliphatic carbocycles. The second-order valence-corrected chi connectivity index (χ2v) is 2.94. The van der Waals surface area contributed by atoms with Gasteiger partial charge in [0.25, 0.3) is 6.43 Å². The maximum absolute atomic E-state index is 12.8. The van der Waals surface area contributed by atoms with Crippen molar-refractivity contribution in [3.8, 4) is 5.88 Å². The van der Waals surface area contributed by atoms with Crippen molar-refractivity contribution in [1.29, 1.82) is 0 Å². The Morgan fingerprint density at radius 2 is 2.15 bits per heavy atom. The quantitative estimate of drug-likeness (QED) is 0.811. The predicted octanol–water partition coefficient (Wildman–Crippen LogP) is 2.93. The van der Waals surface area contributed by atoms with E-state index in [1.54, 1.807) is 0 Å². The van der Waals surface area contributed by atoms with E-state index in [1.165, 1.54) is 7.11 Å². The van der Waals surface area contributed by atoms with Crippen LogP contribution in [0, 0.1) is 5.82 Å². The van der Waals surface area contributed by atoms with Gasteiger partial charge in [-0.3, -0.25) is 0 Å². The minimum atomic E-state index is -2.83. The van der Waals surface area contributed by atoms with E-state index >= 15 is 0 Å². The van der Waals surface area contributed by atoms with Crippen LogP contribution >= 0.6 is 15.9 Å². The fourth-order valence-electron chi connectivity index (χ4n) is 0.816. The van der Waals surface area contributed by atoms with E-state index in [0.717, 1.165) is 6.20 Å². The molecule has 0 unspecified atom stereocenters. The number of rotatable bonds is 2. The molecule has 0 saturated carbocycles. The van der Waals surface area contributed by atoms with Crippen molar-refractivity contribution in [2.75, 3.05) is 7.11 Å². The first-order valence-electron chi connectivity index (χ1n) is 3.24. The molecule has 1 aromatic rings. The molecule has 0 spiro atoms. The van der Waals surface area contributed by atoms with Gasteiger partial charge in [0.2, 0.25) is 5.88 Å². The summed E-state index contributed by atoms with van der Waals surface area (Å²) in [5, 5.41) is 0. The summed E-state index contributed by atoms with van der Waals surface area (Å²) in [5.41, 5.74) is -0.567. The Bertz CT molecular complexity index is 319. The highest BCUT2D eigenvalue weighted by atomic mass is 79.9. The van der Waals surface area contributed by atoms with Crippen molar-refractivity contribution in [3.63, 3.8) is 0 Å². The van der Waals surface area contributed by atoms with Crippen molar-refractivity contribution in [3.05, 3.63) is 22.1 Å². The Kier molecular flexibility index (Phi) is 3.13. The number of ether oxygens (including phenoxy) is 1. The average molecular weight is 256 g/mol. The first kappa shape index (κ1) is 10.3. The van der Waals surface area contributed by atoms with Gasteiger partial charge in [-0.05, 0) is 15.9 Å². The molecule has 1 aromatic heterocycles. The molecule has 0 aliphatic rings. The molecule has 72 valence electrons. The van der Waals surface area contributed by atoms with Gasteiger partial charge in [0.05, 0.1) is 23.3 Å². The van der Waals surface area contributed by atoms with Gasteiger partial charge in [-0.25, -0.2) is 18.2 Å². The van der Waals surface area contributed by atoms with Crippen molar-refractivity contribution < 1.29 is 17.9 Å². The second kappa shape index (κ2) is 3.95. The zero-order valence-electron chi connectivity index (χ0n) is 6.52. The largest absolute Gasteiger partial charge is 0.481 e. The third-order valence-corrected chi connectivity index (χ3v) is 2.19. The SMILES string of the molecule is COc1ncc(F)c(Br)c1C(F)F. The third kappa shape index (κ3) is 1.93. The molecule has 6 heteroatoms. The fourth-order valence-corrected chi connectivity index (χ4v) is 1.26. The lowest BCUT2D eigenvalue weighted by molar-refractivity contribution is 0.144. The van der Waals surface area contributed by atoms with Crippen LogP contribution in [0.5, 0.6) is 5.88 Å². The third-order valence-electron chi connectivity index (χ3n) is 1.38. The highest BCUT2D eigenvalue weighted by molar-refractivity contribution is 9.10. The lowest BCUT2D eigenvalue weighted by atomic mass is 10.3. The smallest absolute Gasteiger partial charge is 0.270 e. The summed E-state index contributed by atoms with van der Waals surface area (Å²) >= 11 is 2.70. The highest BCUT2D eigenvalue weighted by Crippen LogP contribution is 2.34. The summed E-state index contributed by atoms with van der Waals surface area (Å²) in [5.74, 6) is -1.11. The summed E-state index contributed by atoms with van der Waals surface area (Å²) in [6.45, 7) is 0. The molecule has 0 amide bonds. The lowest BCUT2D eigenvalue weighted by Crippen LogP contribution is -1.98. The average Bonchev–Trinajstić information content (AvgIpc) is 2.08. The minimum absolute atomic E-state index is 0.275. The van der Waals surface area contributed by atoms with Gasteiger partial charge in [0.1, 0.15) is 0 Å². The number of methoxy groups -OCH3 is 1. The molecule has 0 N–H and O–H groups in total. The van der Waals surface area contributed by atoms with Crippen LogP contribution in [0.15, 0.2) is 10.7 Å². The van der Waals surface area contributed by atoms with Gasteiger partial charge in [-0.1, -0.05) is 0 Å². The van der Waals surface area contributed by atoms with Crippen LogP contribution < -0.4 is 4.74 Å². The van der Waals surface area contributed by atoms with E-state index in [0.29, 0.717) is 0 Å². The first-order chi connectivity index (χ1) is 6.07. The van der Waals surface area contributed by atoms with Gasteiger partial charge >= 0.3 is 0 Å². The molecule has 0 fully saturated rings. The summed E-state index contributed by atoms with van der Waals surface area (Å²) in [6, 6.07) is 0. The Morgan fingerprint density at radius 3 is 2.62 bits per heavy atom. The number of pyridine rings is 1. The van der Waals surface area contributed by atoms with E-state index in [1.807, 2.05) is 0 Å². The van der Waals surface area contributed by atoms with Gasteiger partial charge in [-0.15, -0.1) is 0 Å². The molecular weight excluding hydrogens is 251 g/mol. The molecule has 0 saturated heterocycles. The summed E-state index contributed by atoms with van der Waals surface area (Å²) < 4.78 is 41.7. The Balaban J connectivity index is 3.32. The molecule has 1 heterocycles. The van der Waals surface area contributed by atoms with E-state index in [-0.39, 0.29) is 10.4 Å². The molecular formula is C7H5BrF3NO. The van der Waals surface area contributed by atoms with E-state index in [4.69, 9.17) is 0 Å². The summed E-state index contributed by atoms with van der Waals surface area (Å²) in [7, 11) is 1.19. The topological polar surface area (TPSA) is 22.1 Å². The van der Waals surface area contributed by atoms with Crippen molar-refractivity contribution in [1.82, 2.24) is 4.98 Å². The predicted molar refractivity (Wildman–Crippen MR) is 43.4 cm³/mol. The van der Waals surface area contributed by atoms with E-state index < -0.39 is 17.8 Å². The second-order valence-electron chi connectivity index (χ2n) is 2.14. The van der Waals surface area contributed by atoms with Crippen molar-refractivity contribution in [2.45, 2.75) is 6.43 Å². The minimum Gasteiger partial charge on any atom is -0.481 e. The van der Waals surface area contributed by atoms with Crippen LogP contribution in [0.25, 0.3) is 0 Å². The molecule has 1 rings (SSSR count). The molecule has 2 nitrogen and oxygen atoms in total. The number of halogens is 4. The highest BCUT2D eigenvalue weighted by Gasteiger charge is 2.21. The molecule has 0 aromatic carbocycles. The van der Waals surface area contributed by atoms with Gasteiger partial charge in [0, 0.05) is 0 Å². The molecule has 0 atom stereocenters. The van der Waals surface area contributed by atoms with E-state index in [9.17, 15) is 13.2 Å². The van der Waals surface area contributed by atoms with Crippen LogP contribution in [0.2, 0.25) is 0 Å². The number of hydrogen-bond donors (Lipinski definition) is 0. The standard InChI is InChI=1S/C7H5BrF3NO/c1-13-7-4(6(10)11)5(8)3(9)2-12-7/h2,6H,1H3. The first-order valence-corrected chi connectivity index (χ1v) is 4.03. The van der Waals surface area contributed by atoms with Crippen LogP contribution in [-0.2, 0) is 0 Å². The lowest BCUT2D eigenvalue weighted by Gasteiger charge is -2.08. The van der Waals surface area contributed by atoms with Crippen LogP contribution in [0.4, 0.5) is 13.2 Å². The van der Waals surface area contributed by atoms with Crippen molar-refractivity contribution in [2.24, 2.45) is 0 Å². The van der Waals surface area contributed by atoms with E-state index in [2.05, 4.69) is 25.7 Å². The van der Waals surface area contributed by atoms with Crippen LogP contribution in [0.1, 0.15) is 12.0 Å². The zero-order valence-corrected chi connectivity index (χ0v) is 8.11. The molecule has 13 heavy (non-hydrogen) atoms. The normalized spacial score (nSPS) is 10.6. The number of aromatic nitrogens is 1. The van der Waals surface area contributed by atoms with Crippen LogP contribution in [-0.4, -0.2) is 12.1 Å². The summed E-state index contributed by atoms with van der Waals surface area (Å²) in [4.78, 5) is 3.37. The molecule has 0 bridgehead atoms. The maximum Gasteiger partial charge on any atom is 0.270 e. The Hall–Kier alpha value is -0.780. The van der Waals surface area contributed by atoms with Crippen LogP contribution in [0.3, 0.4) is 0 Å².